The van der Waals surface area contributed by atoms with E-state index in [1.807, 2.05) is 31.2 Å². The molecule has 2 aromatic rings. The molecule has 1 saturated heterocycles. The Balaban J connectivity index is 1.19. The maximum atomic E-state index is 10.3. The van der Waals surface area contributed by atoms with E-state index < -0.39 is 6.10 Å². The van der Waals surface area contributed by atoms with E-state index in [0.717, 1.165) is 60.6 Å². The molecule has 0 spiro atoms. The summed E-state index contributed by atoms with van der Waals surface area (Å²) in [6, 6.07) is 11.7. The van der Waals surface area contributed by atoms with Crippen LogP contribution < -0.4 is 14.2 Å². The van der Waals surface area contributed by atoms with Gasteiger partial charge in [0.05, 0.1) is 0 Å². The van der Waals surface area contributed by atoms with Gasteiger partial charge in [0.2, 0.25) is 6.79 Å². The summed E-state index contributed by atoms with van der Waals surface area (Å²) in [6.07, 6.45) is -0.522. The van der Waals surface area contributed by atoms with E-state index in [1.165, 1.54) is 5.56 Å². The molecule has 1 N–H and O–H groups in total. The molecule has 0 bridgehead atoms. The van der Waals surface area contributed by atoms with Crippen LogP contribution in [0.5, 0.6) is 17.2 Å². The number of ether oxygens (including phenoxy) is 3. The second-order valence-electron chi connectivity index (χ2n) is 7.64. The van der Waals surface area contributed by atoms with Gasteiger partial charge in [-0.3, -0.25) is 9.80 Å². The SMILES string of the molecule is Cc1cc(OC[C@@H](O)CN2CCN(Cc3ccc4c(c3)OCO4)CC2)ccc1Cl. The first-order valence-corrected chi connectivity index (χ1v) is 10.3. The lowest BCUT2D eigenvalue weighted by Crippen LogP contribution is -2.48. The lowest BCUT2D eigenvalue weighted by Gasteiger charge is -2.35. The third-order valence-electron chi connectivity index (χ3n) is 5.35. The number of fused-ring (bicyclic) bond motifs is 1. The Labute approximate surface area is 176 Å². The average Bonchev–Trinajstić information content (AvgIpc) is 3.18. The second kappa shape index (κ2) is 9.22. The van der Waals surface area contributed by atoms with Crippen LogP contribution in [0.25, 0.3) is 0 Å². The molecule has 6 nitrogen and oxygen atoms in total. The van der Waals surface area contributed by atoms with Crippen molar-refractivity contribution in [1.29, 1.82) is 0 Å². The van der Waals surface area contributed by atoms with E-state index in [0.29, 0.717) is 13.3 Å². The van der Waals surface area contributed by atoms with Gasteiger partial charge < -0.3 is 19.3 Å². The number of rotatable bonds is 7. The summed E-state index contributed by atoms with van der Waals surface area (Å²) >= 11 is 6.03. The highest BCUT2D eigenvalue weighted by Gasteiger charge is 2.21. The fourth-order valence-corrected chi connectivity index (χ4v) is 3.80. The van der Waals surface area contributed by atoms with Gasteiger partial charge in [-0.25, -0.2) is 0 Å². The van der Waals surface area contributed by atoms with E-state index in [1.54, 1.807) is 0 Å². The molecule has 0 aromatic heterocycles. The molecule has 0 unspecified atom stereocenters. The number of benzene rings is 2. The lowest BCUT2D eigenvalue weighted by atomic mass is 10.1. The molecule has 7 heteroatoms. The monoisotopic (exact) mass is 418 g/mol. The van der Waals surface area contributed by atoms with Crippen molar-refractivity contribution in [3.05, 3.63) is 52.5 Å². The number of aliphatic hydroxyl groups excluding tert-OH is 1. The zero-order valence-corrected chi connectivity index (χ0v) is 17.4. The van der Waals surface area contributed by atoms with Gasteiger partial charge in [0, 0.05) is 44.3 Å². The Morgan fingerprint density at radius 2 is 1.79 bits per heavy atom. The summed E-state index contributed by atoms with van der Waals surface area (Å²) in [5.41, 5.74) is 2.20. The highest BCUT2D eigenvalue weighted by molar-refractivity contribution is 6.31. The summed E-state index contributed by atoms with van der Waals surface area (Å²) < 4.78 is 16.5. The third-order valence-corrected chi connectivity index (χ3v) is 5.77. The zero-order valence-electron chi connectivity index (χ0n) is 16.6. The maximum Gasteiger partial charge on any atom is 0.231 e. The van der Waals surface area contributed by atoms with Gasteiger partial charge >= 0.3 is 0 Å². The number of aryl methyl sites for hydroxylation is 1. The number of hydrogen-bond acceptors (Lipinski definition) is 6. The Kier molecular flexibility index (Phi) is 6.45. The van der Waals surface area contributed by atoms with E-state index >= 15 is 0 Å². The molecule has 2 aliphatic rings. The van der Waals surface area contributed by atoms with Crippen LogP contribution in [0.4, 0.5) is 0 Å². The second-order valence-corrected chi connectivity index (χ2v) is 8.05. The third kappa shape index (κ3) is 5.34. The summed E-state index contributed by atoms with van der Waals surface area (Å²) in [4.78, 5) is 4.71. The van der Waals surface area contributed by atoms with Crippen molar-refractivity contribution in [2.75, 3.05) is 46.1 Å². The Bertz CT molecular complexity index is 840. The highest BCUT2D eigenvalue weighted by Crippen LogP contribution is 2.32. The number of piperazine rings is 1. The average molecular weight is 419 g/mol. The molecular weight excluding hydrogens is 392 g/mol. The number of β-amino-alcohol motifs (C(OH)–C–C–N with tert-alkyl or cyclic N) is 1. The Hall–Kier alpha value is -1.99. The lowest BCUT2D eigenvalue weighted by molar-refractivity contribution is 0.0446. The van der Waals surface area contributed by atoms with Gasteiger partial charge in [-0.05, 0) is 48.4 Å². The van der Waals surface area contributed by atoms with Crippen LogP contribution in [-0.4, -0.2) is 67.1 Å². The largest absolute Gasteiger partial charge is 0.491 e. The minimum atomic E-state index is -0.522. The molecular formula is C22H27ClN2O4. The normalized spacial score (nSPS) is 18.0. The number of aliphatic hydroxyl groups is 1. The van der Waals surface area contributed by atoms with Crippen molar-refractivity contribution in [3.63, 3.8) is 0 Å². The molecule has 156 valence electrons. The van der Waals surface area contributed by atoms with E-state index in [4.69, 9.17) is 25.8 Å². The molecule has 0 radical (unpaired) electrons. The van der Waals surface area contributed by atoms with Crippen LogP contribution >= 0.6 is 11.6 Å². The molecule has 2 aromatic carbocycles. The Morgan fingerprint density at radius 3 is 2.59 bits per heavy atom. The van der Waals surface area contributed by atoms with Gasteiger partial charge in [0.15, 0.2) is 11.5 Å². The zero-order chi connectivity index (χ0) is 20.2. The van der Waals surface area contributed by atoms with Crippen LogP contribution in [0.1, 0.15) is 11.1 Å². The topological polar surface area (TPSA) is 54.4 Å². The molecule has 2 heterocycles. The van der Waals surface area contributed by atoms with Crippen molar-refractivity contribution in [3.8, 4) is 17.2 Å². The van der Waals surface area contributed by atoms with Gasteiger partial charge in [0.1, 0.15) is 18.5 Å². The summed E-state index contributed by atoms with van der Waals surface area (Å²) in [5.74, 6) is 2.39. The predicted molar refractivity (Wildman–Crippen MR) is 112 cm³/mol. The van der Waals surface area contributed by atoms with Gasteiger partial charge in [-0.1, -0.05) is 17.7 Å². The van der Waals surface area contributed by atoms with Crippen LogP contribution in [0, 0.1) is 6.92 Å². The number of hydrogen-bond donors (Lipinski definition) is 1. The fourth-order valence-electron chi connectivity index (χ4n) is 3.68. The molecule has 0 amide bonds. The van der Waals surface area contributed by atoms with Crippen LogP contribution in [0.3, 0.4) is 0 Å². The van der Waals surface area contributed by atoms with Crippen LogP contribution in [0.2, 0.25) is 5.02 Å². The quantitative estimate of drug-likeness (QED) is 0.746. The van der Waals surface area contributed by atoms with E-state index in [2.05, 4.69) is 21.9 Å². The van der Waals surface area contributed by atoms with E-state index in [-0.39, 0.29) is 6.61 Å². The predicted octanol–water partition coefficient (Wildman–Crippen LogP) is 2.93. The molecule has 1 fully saturated rings. The molecule has 1 atom stereocenters. The summed E-state index contributed by atoms with van der Waals surface area (Å²) in [5, 5.41) is 11.1. The summed E-state index contributed by atoms with van der Waals surface area (Å²) in [6.45, 7) is 7.84. The Morgan fingerprint density at radius 1 is 1.03 bits per heavy atom. The van der Waals surface area contributed by atoms with Crippen molar-refractivity contribution < 1.29 is 19.3 Å². The minimum absolute atomic E-state index is 0.276. The summed E-state index contributed by atoms with van der Waals surface area (Å²) in [7, 11) is 0. The van der Waals surface area contributed by atoms with Crippen molar-refractivity contribution >= 4 is 11.6 Å². The molecule has 4 rings (SSSR count). The van der Waals surface area contributed by atoms with Gasteiger partial charge in [0.25, 0.3) is 0 Å². The maximum absolute atomic E-state index is 10.3. The highest BCUT2D eigenvalue weighted by atomic mass is 35.5. The van der Waals surface area contributed by atoms with Crippen molar-refractivity contribution in [1.82, 2.24) is 9.80 Å². The van der Waals surface area contributed by atoms with Gasteiger partial charge in [-0.2, -0.15) is 0 Å². The molecule has 29 heavy (non-hydrogen) atoms. The standard InChI is InChI=1S/C22H27ClN2O4/c1-16-10-19(3-4-20(16)23)27-14-18(26)13-25-8-6-24(7-9-25)12-17-2-5-21-22(11-17)29-15-28-21/h2-5,10-11,18,26H,6-9,12-15H2,1H3/t18-/m0/s1. The smallest absolute Gasteiger partial charge is 0.231 e. The number of nitrogens with zero attached hydrogens (tertiary/aromatic N) is 2. The first-order valence-electron chi connectivity index (χ1n) is 9.97. The molecule has 0 aliphatic carbocycles. The van der Waals surface area contributed by atoms with E-state index in [9.17, 15) is 5.11 Å². The first-order chi connectivity index (χ1) is 14.1. The fraction of sp³-hybridized carbons (Fsp3) is 0.455. The van der Waals surface area contributed by atoms with Crippen molar-refractivity contribution in [2.45, 2.75) is 19.6 Å². The van der Waals surface area contributed by atoms with Crippen LogP contribution in [0.15, 0.2) is 36.4 Å². The number of halogens is 1. The van der Waals surface area contributed by atoms with Gasteiger partial charge in [-0.15, -0.1) is 0 Å². The van der Waals surface area contributed by atoms with Crippen molar-refractivity contribution in [2.24, 2.45) is 0 Å². The molecule has 0 saturated carbocycles. The molecule has 2 aliphatic heterocycles. The van der Waals surface area contributed by atoms with Crippen LogP contribution in [-0.2, 0) is 6.54 Å². The minimum Gasteiger partial charge on any atom is -0.491 e. The first kappa shape index (κ1) is 20.3.